The monoisotopic (exact) mass is 497 g/mol. The average molecular weight is 497 g/mol. The van der Waals surface area contributed by atoms with Gasteiger partial charge in [-0.25, -0.2) is 14.4 Å². The number of aromatic nitrogens is 1. The molecule has 0 bridgehead atoms. The van der Waals surface area contributed by atoms with E-state index in [0.717, 1.165) is 0 Å². The molecule has 0 fully saturated rings. The second kappa shape index (κ2) is 9.73. The maximum Gasteiger partial charge on any atom is 0.442 e. The van der Waals surface area contributed by atoms with Crippen molar-refractivity contribution in [3.8, 4) is 5.75 Å². The minimum atomic E-state index is -4.23. The number of benzene rings is 2. The Balaban J connectivity index is 1.75. The molecule has 2 heterocycles. The highest BCUT2D eigenvalue weighted by Gasteiger charge is 2.21. The summed E-state index contributed by atoms with van der Waals surface area (Å²) < 4.78 is 41.5. The third-order valence-corrected chi connectivity index (χ3v) is 6.18. The van der Waals surface area contributed by atoms with Crippen molar-refractivity contribution in [2.24, 2.45) is 0 Å². The molecule has 2 aromatic heterocycles. The minimum absolute atomic E-state index is 0.0293. The summed E-state index contributed by atoms with van der Waals surface area (Å²) in [6, 6.07) is 13.5. The van der Waals surface area contributed by atoms with E-state index in [0.29, 0.717) is 16.0 Å². The Morgan fingerprint density at radius 1 is 1.09 bits per heavy atom. The van der Waals surface area contributed by atoms with Gasteiger partial charge in [-0.2, -0.15) is 13.1 Å². The summed E-state index contributed by atoms with van der Waals surface area (Å²) in [6.07, 6.45) is 4.10. The smallest absolute Gasteiger partial charge is 0.442 e. The van der Waals surface area contributed by atoms with Crippen molar-refractivity contribution in [1.82, 2.24) is 9.99 Å². The van der Waals surface area contributed by atoms with Gasteiger partial charge in [0.15, 0.2) is 5.75 Å². The Bertz CT molecular complexity index is 1620. The van der Waals surface area contributed by atoms with Crippen LogP contribution in [0.4, 0.5) is 0 Å². The predicted octanol–water partition coefficient (Wildman–Crippen LogP) is 1.82. The molecule has 0 atom stereocenters. The molecule has 180 valence electrons. The van der Waals surface area contributed by atoms with Crippen LogP contribution in [0.15, 0.2) is 90.3 Å². The third-order valence-electron chi connectivity index (χ3n) is 4.87. The quantitative estimate of drug-likeness (QED) is 0.350. The normalized spacial score (nSPS) is 11.6. The average Bonchev–Trinajstić information content (AvgIpc) is 3.37. The molecule has 2 aromatic carbocycles. The number of ether oxygens (including phenoxy) is 1. The summed E-state index contributed by atoms with van der Waals surface area (Å²) >= 11 is 0. The minimum Gasteiger partial charge on any atom is -0.494 e. The molecule has 0 aliphatic carbocycles. The van der Waals surface area contributed by atoms with E-state index in [9.17, 15) is 22.8 Å². The lowest BCUT2D eigenvalue weighted by molar-refractivity contribution is -0.116. The summed E-state index contributed by atoms with van der Waals surface area (Å²) in [4.78, 5) is 39.1. The summed E-state index contributed by atoms with van der Waals surface area (Å²) in [6.45, 7) is 0.173. The lowest BCUT2D eigenvalue weighted by atomic mass is 10.1. The molecule has 12 heteroatoms. The lowest BCUT2D eigenvalue weighted by Gasteiger charge is -2.15. The number of carbonyl (C=O) groups excluding carboxylic acids is 1. The van der Waals surface area contributed by atoms with E-state index in [4.69, 9.17) is 9.15 Å². The third kappa shape index (κ3) is 5.01. The van der Waals surface area contributed by atoms with Crippen molar-refractivity contribution in [3.05, 3.63) is 99.2 Å². The zero-order chi connectivity index (χ0) is 25.0. The van der Waals surface area contributed by atoms with E-state index >= 15 is 0 Å². The van der Waals surface area contributed by atoms with Gasteiger partial charge in [0, 0.05) is 11.6 Å². The molecule has 0 aliphatic heterocycles. The highest BCUT2D eigenvalue weighted by Crippen LogP contribution is 2.28. The number of rotatable bonds is 8. The molecule has 0 saturated carbocycles. The number of hydrogen-bond donors (Lipinski definition) is 2. The fraction of sp³-hybridized carbons (Fsp3) is 0.0870. The first-order chi connectivity index (χ1) is 16.8. The van der Waals surface area contributed by atoms with Crippen LogP contribution in [0.25, 0.3) is 17.0 Å². The van der Waals surface area contributed by atoms with E-state index < -0.39 is 27.3 Å². The van der Waals surface area contributed by atoms with Crippen LogP contribution < -0.4 is 26.3 Å². The number of nitrogens with one attached hydrogen (secondary N) is 2. The van der Waals surface area contributed by atoms with E-state index in [1.807, 2.05) is 0 Å². The van der Waals surface area contributed by atoms with Crippen molar-refractivity contribution in [1.29, 1.82) is 0 Å². The standard InChI is InChI=1S/C23H19N3O8S/c1-32-21-15(10-12-19(27)24-14-16-6-5-13-33-16)9-11-18-20(21)26(23(29)34-22(18)28)25-35(30,31)17-7-3-2-4-8-17/h2-13,25H,14H2,1H3,(H,24,27). The van der Waals surface area contributed by atoms with Crippen LogP contribution in [-0.2, 0) is 21.4 Å². The molecule has 0 radical (unpaired) electrons. The summed E-state index contributed by atoms with van der Waals surface area (Å²) in [7, 11) is -2.95. The van der Waals surface area contributed by atoms with Gasteiger partial charge in [0.25, 0.3) is 10.0 Å². The van der Waals surface area contributed by atoms with Crippen molar-refractivity contribution in [2.75, 3.05) is 11.9 Å². The van der Waals surface area contributed by atoms with Gasteiger partial charge in [-0.05, 0) is 36.4 Å². The number of sulfonamides is 1. The molecule has 0 aliphatic rings. The molecule has 0 saturated heterocycles. The maximum atomic E-state index is 12.8. The molecule has 4 aromatic rings. The van der Waals surface area contributed by atoms with E-state index in [-0.39, 0.29) is 28.1 Å². The van der Waals surface area contributed by atoms with Gasteiger partial charge < -0.3 is 18.9 Å². The van der Waals surface area contributed by atoms with E-state index in [2.05, 4.69) is 14.6 Å². The number of fused-ring (bicyclic) bond motifs is 1. The Kier molecular flexibility index (Phi) is 6.55. The van der Waals surface area contributed by atoms with Crippen LogP contribution in [0.2, 0.25) is 0 Å². The van der Waals surface area contributed by atoms with Crippen molar-refractivity contribution < 1.29 is 26.8 Å². The topological polar surface area (TPSA) is 150 Å². The SMILES string of the molecule is COc1c(C=CC(=O)NCc2ccco2)ccc2c(=O)oc(=O)n(NS(=O)(=O)c3ccccc3)c12. The highest BCUT2D eigenvalue weighted by molar-refractivity contribution is 7.92. The Morgan fingerprint density at radius 2 is 1.86 bits per heavy atom. The van der Waals surface area contributed by atoms with Gasteiger partial charge in [0.2, 0.25) is 5.91 Å². The van der Waals surface area contributed by atoms with Gasteiger partial charge in [0.1, 0.15) is 11.3 Å². The van der Waals surface area contributed by atoms with Crippen molar-refractivity contribution in [3.63, 3.8) is 0 Å². The zero-order valence-electron chi connectivity index (χ0n) is 18.3. The van der Waals surface area contributed by atoms with Gasteiger partial charge in [0.05, 0.1) is 30.2 Å². The number of carbonyl (C=O) groups is 1. The van der Waals surface area contributed by atoms with Crippen LogP contribution in [0.3, 0.4) is 0 Å². The van der Waals surface area contributed by atoms with E-state index in [1.54, 1.807) is 18.2 Å². The fourth-order valence-corrected chi connectivity index (χ4v) is 4.28. The van der Waals surface area contributed by atoms with Gasteiger partial charge in [-0.15, -0.1) is 0 Å². The molecular formula is C23H19N3O8S. The molecule has 4 rings (SSSR count). The molecule has 11 nitrogen and oxygen atoms in total. The zero-order valence-corrected chi connectivity index (χ0v) is 19.1. The van der Waals surface area contributed by atoms with E-state index in [1.165, 1.54) is 61.9 Å². The predicted molar refractivity (Wildman–Crippen MR) is 126 cm³/mol. The maximum absolute atomic E-state index is 12.8. The fourth-order valence-electron chi connectivity index (χ4n) is 3.26. The number of hydrogen-bond acceptors (Lipinski definition) is 8. The molecule has 0 unspecified atom stereocenters. The summed E-state index contributed by atoms with van der Waals surface area (Å²) in [5, 5.41) is 2.52. The number of furan rings is 1. The Morgan fingerprint density at radius 3 is 2.54 bits per heavy atom. The first-order valence-corrected chi connectivity index (χ1v) is 11.6. The molecule has 2 N–H and O–H groups in total. The summed E-state index contributed by atoms with van der Waals surface area (Å²) in [5.41, 5.74) is -0.859. The second-order valence-corrected chi connectivity index (χ2v) is 8.77. The largest absolute Gasteiger partial charge is 0.494 e. The molecular weight excluding hydrogens is 478 g/mol. The van der Waals surface area contributed by atoms with Gasteiger partial charge in [-0.1, -0.05) is 24.3 Å². The van der Waals surface area contributed by atoms with Crippen LogP contribution in [0.1, 0.15) is 11.3 Å². The van der Waals surface area contributed by atoms with Crippen LogP contribution in [0.5, 0.6) is 5.75 Å². The van der Waals surface area contributed by atoms with Gasteiger partial charge >= 0.3 is 11.4 Å². The highest BCUT2D eigenvalue weighted by atomic mass is 32.2. The first kappa shape index (κ1) is 23.6. The van der Waals surface area contributed by atoms with Crippen molar-refractivity contribution in [2.45, 2.75) is 11.4 Å². The number of nitrogens with zero attached hydrogens (tertiary/aromatic N) is 1. The first-order valence-electron chi connectivity index (χ1n) is 10.1. The molecule has 1 amide bonds. The van der Waals surface area contributed by atoms with Crippen molar-refractivity contribution >= 4 is 32.9 Å². The molecule has 0 spiro atoms. The van der Waals surface area contributed by atoms with Crippen LogP contribution >= 0.6 is 0 Å². The number of methoxy groups -OCH3 is 1. The van der Waals surface area contributed by atoms with Gasteiger partial charge in [-0.3, -0.25) is 4.79 Å². The van der Waals surface area contributed by atoms with Crippen LogP contribution in [0, 0.1) is 0 Å². The molecule has 35 heavy (non-hydrogen) atoms. The Hall–Kier alpha value is -4.58. The summed E-state index contributed by atoms with van der Waals surface area (Å²) in [5.74, 6) is -1.18. The second-order valence-electron chi connectivity index (χ2n) is 7.11. The van der Waals surface area contributed by atoms with Crippen LogP contribution in [-0.4, -0.2) is 26.1 Å². The number of amides is 1. The Labute approximate surface area is 198 Å². The lowest BCUT2D eigenvalue weighted by Crippen LogP contribution is -2.35.